The molecule has 4 nitrogen and oxygen atoms in total. The van der Waals surface area contributed by atoms with E-state index in [4.69, 9.17) is 12.2 Å². The third kappa shape index (κ3) is 5.71. The molecule has 120 valence electrons. The van der Waals surface area contributed by atoms with Crippen molar-refractivity contribution in [1.82, 2.24) is 5.32 Å². The molecule has 23 heavy (non-hydrogen) atoms. The van der Waals surface area contributed by atoms with Gasteiger partial charge in [-0.1, -0.05) is 18.2 Å². The zero-order valence-electron chi connectivity index (χ0n) is 13.5. The highest BCUT2D eigenvalue weighted by molar-refractivity contribution is 7.80. The lowest BCUT2D eigenvalue weighted by molar-refractivity contribution is 0.0919. The minimum atomic E-state index is -0.255. The number of thiocarbonyl (C=S) groups is 1. The van der Waals surface area contributed by atoms with Crippen LogP contribution in [0.5, 0.6) is 0 Å². The second-order valence-corrected chi connectivity index (χ2v) is 6.63. The summed E-state index contributed by atoms with van der Waals surface area (Å²) in [5.41, 5.74) is 2.11. The first-order valence-corrected chi connectivity index (χ1v) is 7.80. The van der Waals surface area contributed by atoms with Crippen molar-refractivity contribution in [3.63, 3.8) is 0 Å². The van der Waals surface area contributed by atoms with Gasteiger partial charge in [-0.15, -0.1) is 0 Å². The summed E-state index contributed by atoms with van der Waals surface area (Å²) in [6, 6.07) is 16.9. The zero-order chi connectivity index (χ0) is 16.9. The van der Waals surface area contributed by atoms with Crippen LogP contribution in [0.4, 0.5) is 11.4 Å². The predicted molar refractivity (Wildman–Crippen MR) is 99.9 cm³/mol. The average molecular weight is 327 g/mol. The summed E-state index contributed by atoms with van der Waals surface area (Å²) in [4.78, 5) is 12.1. The maximum Gasteiger partial charge on any atom is 0.251 e. The van der Waals surface area contributed by atoms with E-state index in [9.17, 15) is 4.79 Å². The molecule has 0 bridgehead atoms. The lowest BCUT2D eigenvalue weighted by atomic mass is 10.1. The monoisotopic (exact) mass is 327 g/mol. The topological polar surface area (TPSA) is 53.2 Å². The van der Waals surface area contributed by atoms with Crippen molar-refractivity contribution in [1.29, 1.82) is 0 Å². The highest BCUT2D eigenvalue weighted by Gasteiger charge is 2.14. The molecule has 0 aromatic heterocycles. The maximum atomic E-state index is 12.1. The quantitative estimate of drug-likeness (QED) is 0.745. The van der Waals surface area contributed by atoms with E-state index < -0.39 is 0 Å². The van der Waals surface area contributed by atoms with Crippen molar-refractivity contribution in [3.05, 3.63) is 60.2 Å². The molecule has 3 N–H and O–H groups in total. The van der Waals surface area contributed by atoms with Crippen LogP contribution in [-0.4, -0.2) is 16.6 Å². The molecule has 5 heteroatoms. The standard InChI is InChI=1S/C18H21N3OS/c1-18(2,3)21-16(22)13-9-11-15(12-10-13)20-17(23)19-14-7-5-4-6-8-14/h4-12H,1-3H3,(H,21,22)(H2,19,20,23). The minimum absolute atomic E-state index is 0.0889. The highest BCUT2D eigenvalue weighted by Crippen LogP contribution is 2.12. The Balaban J connectivity index is 1.94. The fourth-order valence-electron chi connectivity index (χ4n) is 1.93. The molecule has 0 saturated heterocycles. The second kappa shape index (κ2) is 7.24. The Morgan fingerprint density at radius 3 is 1.91 bits per heavy atom. The molecule has 0 aliphatic rings. The van der Waals surface area contributed by atoms with Crippen LogP contribution in [-0.2, 0) is 0 Å². The summed E-state index contributed by atoms with van der Waals surface area (Å²) >= 11 is 5.27. The van der Waals surface area contributed by atoms with E-state index in [0.29, 0.717) is 10.7 Å². The van der Waals surface area contributed by atoms with Gasteiger partial charge in [-0.25, -0.2) is 0 Å². The SMILES string of the molecule is CC(C)(C)NC(=O)c1ccc(NC(=S)Nc2ccccc2)cc1. The number of benzene rings is 2. The molecule has 2 aromatic rings. The summed E-state index contributed by atoms with van der Waals surface area (Å²) < 4.78 is 0. The number of amides is 1. The average Bonchev–Trinajstić information content (AvgIpc) is 2.47. The Labute approximate surface area is 142 Å². The van der Waals surface area contributed by atoms with Crippen LogP contribution in [0.15, 0.2) is 54.6 Å². The van der Waals surface area contributed by atoms with E-state index in [2.05, 4.69) is 16.0 Å². The van der Waals surface area contributed by atoms with E-state index in [1.807, 2.05) is 63.2 Å². The summed E-state index contributed by atoms with van der Waals surface area (Å²) in [7, 11) is 0. The summed E-state index contributed by atoms with van der Waals surface area (Å²) in [5, 5.41) is 9.63. The molecule has 2 aromatic carbocycles. The lowest BCUT2D eigenvalue weighted by Crippen LogP contribution is -2.40. The van der Waals surface area contributed by atoms with Crippen molar-refractivity contribution >= 4 is 34.6 Å². The Kier molecular flexibility index (Phi) is 5.34. The molecule has 0 aliphatic heterocycles. The number of carbonyl (C=O) groups is 1. The van der Waals surface area contributed by atoms with Gasteiger partial charge in [0, 0.05) is 22.5 Å². The van der Waals surface area contributed by atoms with Gasteiger partial charge in [-0.05, 0) is 69.4 Å². The first-order valence-electron chi connectivity index (χ1n) is 7.39. The number of hydrogen-bond acceptors (Lipinski definition) is 2. The molecule has 0 spiro atoms. The summed E-state index contributed by atoms with van der Waals surface area (Å²) in [5.74, 6) is -0.0889. The van der Waals surface area contributed by atoms with Gasteiger partial charge in [-0.3, -0.25) is 4.79 Å². The Morgan fingerprint density at radius 1 is 0.870 bits per heavy atom. The van der Waals surface area contributed by atoms with Gasteiger partial charge >= 0.3 is 0 Å². The fourth-order valence-corrected chi connectivity index (χ4v) is 2.17. The van der Waals surface area contributed by atoms with E-state index >= 15 is 0 Å². The van der Waals surface area contributed by atoms with Crippen LogP contribution in [0, 0.1) is 0 Å². The van der Waals surface area contributed by atoms with Gasteiger partial charge in [0.2, 0.25) is 0 Å². The van der Waals surface area contributed by atoms with Gasteiger partial charge in [-0.2, -0.15) is 0 Å². The molecule has 0 radical (unpaired) electrons. The number of carbonyl (C=O) groups excluding carboxylic acids is 1. The van der Waals surface area contributed by atoms with Crippen LogP contribution in [0.2, 0.25) is 0 Å². The van der Waals surface area contributed by atoms with Gasteiger partial charge in [0.1, 0.15) is 0 Å². The van der Waals surface area contributed by atoms with Gasteiger partial charge in [0.15, 0.2) is 5.11 Å². The molecule has 0 unspecified atom stereocenters. The number of anilines is 2. The fraction of sp³-hybridized carbons (Fsp3) is 0.222. The molecule has 0 atom stereocenters. The molecule has 1 amide bonds. The third-order valence-electron chi connectivity index (χ3n) is 2.93. The maximum absolute atomic E-state index is 12.1. The Morgan fingerprint density at radius 2 is 1.39 bits per heavy atom. The molecule has 0 fully saturated rings. The largest absolute Gasteiger partial charge is 0.347 e. The Bertz CT molecular complexity index is 676. The highest BCUT2D eigenvalue weighted by atomic mass is 32.1. The van der Waals surface area contributed by atoms with Crippen molar-refractivity contribution < 1.29 is 4.79 Å². The van der Waals surface area contributed by atoms with Crippen molar-refractivity contribution in [2.75, 3.05) is 10.6 Å². The summed E-state index contributed by atoms with van der Waals surface area (Å²) in [6.07, 6.45) is 0. The minimum Gasteiger partial charge on any atom is -0.347 e. The molecular formula is C18H21N3OS. The molecular weight excluding hydrogens is 306 g/mol. The molecule has 0 saturated carbocycles. The van der Waals surface area contributed by atoms with Crippen molar-refractivity contribution in [2.45, 2.75) is 26.3 Å². The number of rotatable bonds is 3. The van der Waals surface area contributed by atoms with Crippen LogP contribution in [0.1, 0.15) is 31.1 Å². The van der Waals surface area contributed by atoms with Gasteiger partial charge in [0.05, 0.1) is 0 Å². The summed E-state index contributed by atoms with van der Waals surface area (Å²) in [6.45, 7) is 5.86. The molecule has 0 heterocycles. The second-order valence-electron chi connectivity index (χ2n) is 6.23. The third-order valence-corrected chi connectivity index (χ3v) is 3.13. The van der Waals surface area contributed by atoms with E-state index in [1.54, 1.807) is 12.1 Å². The number of nitrogens with one attached hydrogen (secondary N) is 3. The lowest BCUT2D eigenvalue weighted by Gasteiger charge is -2.20. The smallest absolute Gasteiger partial charge is 0.251 e. The van der Waals surface area contributed by atoms with Crippen molar-refractivity contribution in [3.8, 4) is 0 Å². The number of hydrogen-bond donors (Lipinski definition) is 3. The van der Waals surface area contributed by atoms with Crippen LogP contribution < -0.4 is 16.0 Å². The van der Waals surface area contributed by atoms with Gasteiger partial charge in [0.25, 0.3) is 5.91 Å². The van der Waals surface area contributed by atoms with Crippen molar-refractivity contribution in [2.24, 2.45) is 0 Å². The van der Waals surface area contributed by atoms with E-state index in [1.165, 1.54) is 0 Å². The normalized spacial score (nSPS) is 10.7. The van der Waals surface area contributed by atoms with E-state index in [0.717, 1.165) is 11.4 Å². The first-order chi connectivity index (χ1) is 10.8. The first kappa shape index (κ1) is 17.0. The van der Waals surface area contributed by atoms with Crippen LogP contribution >= 0.6 is 12.2 Å². The van der Waals surface area contributed by atoms with Gasteiger partial charge < -0.3 is 16.0 Å². The predicted octanol–water partition coefficient (Wildman–Crippen LogP) is 4.02. The molecule has 2 rings (SSSR count). The Hall–Kier alpha value is -2.40. The van der Waals surface area contributed by atoms with Crippen LogP contribution in [0.25, 0.3) is 0 Å². The zero-order valence-corrected chi connectivity index (χ0v) is 14.3. The number of para-hydroxylation sites is 1. The van der Waals surface area contributed by atoms with Crippen LogP contribution in [0.3, 0.4) is 0 Å². The molecule has 0 aliphatic carbocycles. The van der Waals surface area contributed by atoms with E-state index in [-0.39, 0.29) is 11.4 Å².